The Morgan fingerprint density at radius 2 is 1.67 bits per heavy atom. The first-order valence-electron chi connectivity index (χ1n) is 11.9. The van der Waals surface area contributed by atoms with Crippen molar-refractivity contribution in [3.05, 3.63) is 82.9 Å². The average Bonchev–Trinajstić information content (AvgIpc) is 2.86. The third kappa shape index (κ3) is 5.33. The molecule has 1 aliphatic carbocycles. The van der Waals surface area contributed by atoms with Gasteiger partial charge in [0.25, 0.3) is 10.0 Å². The van der Waals surface area contributed by atoms with Gasteiger partial charge in [0.1, 0.15) is 6.54 Å². The highest BCUT2D eigenvalue weighted by molar-refractivity contribution is 7.92. The number of hydrogen-bond donors (Lipinski definition) is 1. The minimum Gasteiger partial charge on any atom is -0.493 e. The molecule has 0 unspecified atom stereocenters. The van der Waals surface area contributed by atoms with Crippen LogP contribution in [0.25, 0.3) is 0 Å². The Morgan fingerprint density at radius 3 is 2.36 bits per heavy atom. The Hall–Kier alpha value is -3.52. The summed E-state index contributed by atoms with van der Waals surface area (Å²) in [5, 5.41) is 3.08. The molecule has 0 saturated carbocycles. The molecule has 0 heterocycles. The lowest BCUT2D eigenvalue weighted by Gasteiger charge is -2.29. The van der Waals surface area contributed by atoms with Crippen molar-refractivity contribution in [1.82, 2.24) is 5.32 Å². The van der Waals surface area contributed by atoms with Gasteiger partial charge in [-0.05, 0) is 79.6 Å². The van der Waals surface area contributed by atoms with Crippen molar-refractivity contribution in [2.24, 2.45) is 0 Å². The molecule has 8 heteroatoms. The summed E-state index contributed by atoms with van der Waals surface area (Å²) in [6.45, 7) is 3.45. The number of rotatable bonds is 8. The number of methoxy groups -OCH3 is 2. The normalized spacial score (nSPS) is 15.1. The van der Waals surface area contributed by atoms with E-state index >= 15 is 0 Å². The number of fused-ring (bicyclic) bond motifs is 1. The van der Waals surface area contributed by atoms with E-state index in [2.05, 4.69) is 11.4 Å². The van der Waals surface area contributed by atoms with Crippen molar-refractivity contribution in [3.63, 3.8) is 0 Å². The lowest BCUT2D eigenvalue weighted by Crippen LogP contribution is -2.42. The largest absolute Gasteiger partial charge is 0.493 e. The van der Waals surface area contributed by atoms with Crippen LogP contribution >= 0.6 is 0 Å². The summed E-state index contributed by atoms with van der Waals surface area (Å²) in [5.41, 5.74) is 4.55. The Balaban J connectivity index is 1.69. The summed E-state index contributed by atoms with van der Waals surface area (Å²) in [5.74, 6) is 0.352. The van der Waals surface area contributed by atoms with Crippen LogP contribution in [0.5, 0.6) is 11.5 Å². The van der Waals surface area contributed by atoms with Crippen LogP contribution in [-0.2, 0) is 21.2 Å². The average molecular weight is 509 g/mol. The van der Waals surface area contributed by atoms with Gasteiger partial charge in [0.05, 0.1) is 30.8 Å². The predicted molar refractivity (Wildman–Crippen MR) is 140 cm³/mol. The van der Waals surface area contributed by atoms with Gasteiger partial charge in [-0.25, -0.2) is 8.42 Å². The number of amides is 1. The van der Waals surface area contributed by atoms with E-state index in [0.29, 0.717) is 17.2 Å². The zero-order valence-corrected chi connectivity index (χ0v) is 21.9. The lowest BCUT2D eigenvalue weighted by atomic mass is 9.88. The molecule has 3 aromatic carbocycles. The van der Waals surface area contributed by atoms with E-state index in [4.69, 9.17) is 9.47 Å². The van der Waals surface area contributed by atoms with Crippen LogP contribution in [0.4, 0.5) is 5.69 Å². The number of carbonyl (C=O) groups excluding carboxylic acids is 1. The molecule has 0 spiro atoms. The topological polar surface area (TPSA) is 84.9 Å². The van der Waals surface area contributed by atoms with Crippen molar-refractivity contribution < 1.29 is 22.7 Å². The Labute approximate surface area is 213 Å². The Morgan fingerprint density at radius 1 is 0.972 bits per heavy atom. The van der Waals surface area contributed by atoms with E-state index in [-0.39, 0.29) is 23.4 Å². The zero-order valence-electron chi connectivity index (χ0n) is 21.1. The standard InChI is InChI=1S/C28H32N2O5S/c1-19-14-20(2)16-22(15-19)30(36(32,33)23-12-13-26(34-3)27(17-23)35-4)18-28(31)29-25-11-7-9-21-8-5-6-10-24(21)25/h5-6,8,10,12-17,25H,7,9,11,18H2,1-4H3,(H,29,31)/t25-/m1/s1. The molecular formula is C28H32N2O5S. The van der Waals surface area contributed by atoms with Crippen molar-refractivity contribution in [3.8, 4) is 11.5 Å². The number of ether oxygens (including phenoxy) is 2. The first kappa shape index (κ1) is 25.6. The van der Waals surface area contributed by atoms with Crippen LogP contribution in [-0.4, -0.2) is 35.1 Å². The van der Waals surface area contributed by atoms with E-state index in [1.54, 1.807) is 18.2 Å². The molecule has 0 saturated heterocycles. The van der Waals surface area contributed by atoms with E-state index in [1.807, 2.05) is 38.1 Å². The number of hydrogen-bond acceptors (Lipinski definition) is 5. The third-order valence-corrected chi connectivity index (χ3v) is 8.20. The van der Waals surface area contributed by atoms with E-state index in [1.165, 1.54) is 31.9 Å². The monoisotopic (exact) mass is 508 g/mol. The number of benzene rings is 3. The van der Waals surface area contributed by atoms with Crippen LogP contribution in [0.2, 0.25) is 0 Å². The van der Waals surface area contributed by atoms with Gasteiger partial charge in [0, 0.05) is 6.07 Å². The van der Waals surface area contributed by atoms with Gasteiger partial charge in [0.15, 0.2) is 11.5 Å². The minimum atomic E-state index is -4.10. The number of nitrogens with zero attached hydrogens (tertiary/aromatic N) is 1. The summed E-state index contributed by atoms with van der Waals surface area (Å²) < 4.78 is 39.5. The highest BCUT2D eigenvalue weighted by Crippen LogP contribution is 2.33. The fourth-order valence-electron chi connectivity index (χ4n) is 4.79. The van der Waals surface area contributed by atoms with Crippen molar-refractivity contribution >= 4 is 21.6 Å². The Bertz CT molecular complexity index is 1350. The van der Waals surface area contributed by atoms with Crippen molar-refractivity contribution in [2.75, 3.05) is 25.1 Å². The summed E-state index contributed by atoms with van der Waals surface area (Å²) in [4.78, 5) is 13.3. The molecule has 36 heavy (non-hydrogen) atoms. The molecule has 0 radical (unpaired) electrons. The smallest absolute Gasteiger partial charge is 0.264 e. The van der Waals surface area contributed by atoms with Gasteiger partial charge in [-0.1, -0.05) is 30.3 Å². The summed E-state index contributed by atoms with van der Waals surface area (Å²) in [7, 11) is -1.17. The van der Waals surface area contributed by atoms with Crippen molar-refractivity contribution in [1.29, 1.82) is 0 Å². The molecule has 4 rings (SSSR count). The minimum absolute atomic E-state index is 0.00937. The second-order valence-corrected chi connectivity index (χ2v) is 10.9. The number of carbonyl (C=O) groups is 1. The van der Waals surface area contributed by atoms with Crippen LogP contribution in [0.15, 0.2) is 65.6 Å². The van der Waals surface area contributed by atoms with Crippen LogP contribution in [0.3, 0.4) is 0 Å². The molecule has 0 aliphatic heterocycles. The van der Waals surface area contributed by atoms with Gasteiger partial charge < -0.3 is 14.8 Å². The van der Waals surface area contributed by atoms with Gasteiger partial charge in [-0.2, -0.15) is 0 Å². The first-order valence-corrected chi connectivity index (χ1v) is 13.4. The molecule has 3 aromatic rings. The molecule has 1 amide bonds. The highest BCUT2D eigenvalue weighted by atomic mass is 32.2. The molecular weight excluding hydrogens is 476 g/mol. The second kappa shape index (κ2) is 10.6. The first-order chi connectivity index (χ1) is 17.2. The number of nitrogens with one attached hydrogen (secondary N) is 1. The number of sulfonamides is 1. The maximum absolute atomic E-state index is 13.9. The predicted octanol–water partition coefficient (Wildman–Crippen LogP) is 4.71. The molecule has 7 nitrogen and oxygen atoms in total. The third-order valence-electron chi connectivity index (χ3n) is 6.43. The fourth-order valence-corrected chi connectivity index (χ4v) is 6.21. The van der Waals surface area contributed by atoms with E-state index in [9.17, 15) is 13.2 Å². The zero-order chi connectivity index (χ0) is 25.9. The van der Waals surface area contributed by atoms with E-state index < -0.39 is 10.0 Å². The fraction of sp³-hybridized carbons (Fsp3) is 0.321. The molecule has 0 fully saturated rings. The Kier molecular flexibility index (Phi) is 7.54. The summed E-state index contributed by atoms with van der Waals surface area (Å²) in [6.07, 6.45) is 2.76. The maximum Gasteiger partial charge on any atom is 0.264 e. The van der Waals surface area contributed by atoms with Crippen LogP contribution in [0.1, 0.15) is 41.1 Å². The van der Waals surface area contributed by atoms with Gasteiger partial charge >= 0.3 is 0 Å². The molecule has 1 aliphatic rings. The van der Waals surface area contributed by atoms with Gasteiger partial charge in [-0.15, -0.1) is 0 Å². The molecule has 0 aromatic heterocycles. The molecule has 1 N–H and O–H groups in total. The molecule has 1 atom stereocenters. The second-order valence-electron chi connectivity index (χ2n) is 9.09. The van der Waals surface area contributed by atoms with Gasteiger partial charge in [-0.3, -0.25) is 9.10 Å². The van der Waals surface area contributed by atoms with Crippen LogP contribution < -0.4 is 19.1 Å². The van der Waals surface area contributed by atoms with Gasteiger partial charge in [0.2, 0.25) is 5.91 Å². The molecule has 0 bridgehead atoms. The van der Waals surface area contributed by atoms with Crippen molar-refractivity contribution in [2.45, 2.75) is 44.0 Å². The SMILES string of the molecule is COc1ccc(S(=O)(=O)N(CC(=O)N[C@@H]2CCCc3ccccc32)c2cc(C)cc(C)c2)cc1OC. The number of anilines is 1. The van der Waals surface area contributed by atoms with E-state index in [0.717, 1.165) is 40.3 Å². The quantitative estimate of drug-likeness (QED) is 0.476. The highest BCUT2D eigenvalue weighted by Gasteiger charge is 2.30. The molecule has 190 valence electrons. The van der Waals surface area contributed by atoms with Crippen LogP contribution in [0, 0.1) is 13.8 Å². The number of aryl methyl sites for hydroxylation is 3. The lowest BCUT2D eigenvalue weighted by molar-refractivity contribution is -0.120. The summed E-state index contributed by atoms with van der Waals surface area (Å²) in [6, 6.07) is 17.9. The maximum atomic E-state index is 13.9. The summed E-state index contributed by atoms with van der Waals surface area (Å²) >= 11 is 0.